The molecule has 0 amide bonds. The smallest absolute Gasteiger partial charge is 0.128 e. The van der Waals surface area contributed by atoms with Crippen molar-refractivity contribution in [3.63, 3.8) is 0 Å². The van der Waals surface area contributed by atoms with Gasteiger partial charge in [-0.1, -0.05) is 45.0 Å². The van der Waals surface area contributed by atoms with Crippen LogP contribution in [0.4, 0.5) is 8.78 Å². The minimum absolute atomic E-state index is 0.118. The summed E-state index contributed by atoms with van der Waals surface area (Å²) in [5.41, 5.74) is 1.89. The number of rotatable bonds is 2. The fraction of sp³-hybridized carbons (Fsp3) is 0.294. The van der Waals surface area contributed by atoms with Gasteiger partial charge in [0, 0.05) is 5.56 Å². The van der Waals surface area contributed by atoms with Crippen LogP contribution in [-0.4, -0.2) is 0 Å². The van der Waals surface area contributed by atoms with E-state index in [1.165, 1.54) is 0 Å². The molecule has 1 atom stereocenters. The molecule has 0 saturated carbocycles. The Morgan fingerprint density at radius 2 is 1.60 bits per heavy atom. The number of benzene rings is 2. The fourth-order valence-corrected chi connectivity index (χ4v) is 2.63. The lowest BCUT2D eigenvalue weighted by molar-refractivity contribution is 0.574. The lowest BCUT2D eigenvalue weighted by atomic mass is 9.82. The first-order chi connectivity index (χ1) is 9.30. The standard InChI is InChI=1S/C17H17ClF2/c1-17(2,3)14-7-5-4-6-12(14)16(18)13-10-11(19)8-9-15(13)20/h4-10,16H,1-3H3. The molecule has 0 aliphatic heterocycles. The van der Waals surface area contributed by atoms with Crippen LogP contribution < -0.4 is 0 Å². The Hall–Kier alpha value is -1.41. The molecule has 3 heteroatoms. The van der Waals surface area contributed by atoms with Crippen molar-refractivity contribution in [2.24, 2.45) is 0 Å². The summed E-state index contributed by atoms with van der Waals surface area (Å²) >= 11 is 6.41. The van der Waals surface area contributed by atoms with Crippen molar-refractivity contribution in [1.29, 1.82) is 0 Å². The van der Waals surface area contributed by atoms with E-state index in [4.69, 9.17) is 11.6 Å². The average Bonchev–Trinajstić information content (AvgIpc) is 2.40. The molecule has 20 heavy (non-hydrogen) atoms. The number of hydrogen-bond donors (Lipinski definition) is 0. The summed E-state index contributed by atoms with van der Waals surface area (Å²) < 4.78 is 27.2. The molecule has 0 radical (unpaired) electrons. The molecular formula is C17H17ClF2. The Labute approximate surface area is 123 Å². The Morgan fingerprint density at radius 3 is 2.25 bits per heavy atom. The zero-order chi connectivity index (χ0) is 14.9. The molecule has 0 nitrogen and oxygen atoms in total. The Kier molecular flexibility index (Phi) is 4.14. The highest BCUT2D eigenvalue weighted by molar-refractivity contribution is 6.22. The summed E-state index contributed by atoms with van der Waals surface area (Å²) in [7, 11) is 0. The van der Waals surface area contributed by atoms with Gasteiger partial charge >= 0.3 is 0 Å². The molecule has 2 aromatic rings. The van der Waals surface area contributed by atoms with Gasteiger partial charge in [0.25, 0.3) is 0 Å². The van der Waals surface area contributed by atoms with E-state index in [0.717, 1.165) is 29.3 Å². The van der Waals surface area contributed by atoms with Gasteiger partial charge in [0.05, 0.1) is 5.38 Å². The summed E-state index contributed by atoms with van der Waals surface area (Å²) in [6.45, 7) is 6.20. The molecule has 0 heterocycles. The molecule has 0 spiro atoms. The van der Waals surface area contributed by atoms with Crippen molar-refractivity contribution in [1.82, 2.24) is 0 Å². The van der Waals surface area contributed by atoms with Crippen LogP contribution in [-0.2, 0) is 5.41 Å². The summed E-state index contributed by atoms with van der Waals surface area (Å²) in [4.78, 5) is 0. The van der Waals surface area contributed by atoms with Crippen molar-refractivity contribution < 1.29 is 8.78 Å². The topological polar surface area (TPSA) is 0 Å². The molecule has 0 aliphatic carbocycles. The lowest BCUT2D eigenvalue weighted by Crippen LogP contribution is -2.15. The van der Waals surface area contributed by atoms with Crippen LogP contribution >= 0.6 is 11.6 Å². The molecule has 0 N–H and O–H groups in total. The van der Waals surface area contributed by atoms with E-state index in [1.807, 2.05) is 24.3 Å². The molecule has 0 bridgehead atoms. The van der Waals surface area contributed by atoms with Crippen molar-refractivity contribution >= 4 is 11.6 Å². The largest absolute Gasteiger partial charge is 0.207 e. The van der Waals surface area contributed by atoms with Gasteiger partial charge in [0.15, 0.2) is 0 Å². The van der Waals surface area contributed by atoms with Crippen LogP contribution in [0.3, 0.4) is 0 Å². The van der Waals surface area contributed by atoms with E-state index in [1.54, 1.807) is 0 Å². The van der Waals surface area contributed by atoms with Crippen molar-refractivity contribution in [2.45, 2.75) is 31.6 Å². The lowest BCUT2D eigenvalue weighted by Gasteiger charge is -2.25. The summed E-state index contributed by atoms with van der Waals surface area (Å²) in [6.07, 6.45) is 0. The predicted octanol–water partition coefficient (Wildman–Crippen LogP) is 5.59. The molecule has 0 aliphatic rings. The van der Waals surface area contributed by atoms with Gasteiger partial charge in [-0.25, -0.2) is 8.78 Å². The number of hydrogen-bond acceptors (Lipinski definition) is 0. The van der Waals surface area contributed by atoms with E-state index in [9.17, 15) is 8.78 Å². The van der Waals surface area contributed by atoms with Crippen LogP contribution in [0.1, 0.15) is 42.8 Å². The van der Waals surface area contributed by atoms with E-state index >= 15 is 0 Å². The van der Waals surface area contributed by atoms with Gasteiger partial charge in [-0.05, 0) is 34.7 Å². The molecular weight excluding hydrogens is 278 g/mol. The van der Waals surface area contributed by atoms with Gasteiger partial charge in [0.2, 0.25) is 0 Å². The van der Waals surface area contributed by atoms with E-state index in [0.29, 0.717) is 0 Å². The normalized spacial score (nSPS) is 13.3. The molecule has 2 rings (SSSR count). The minimum atomic E-state index is -0.707. The molecule has 1 unspecified atom stereocenters. The first-order valence-electron chi connectivity index (χ1n) is 6.49. The summed E-state index contributed by atoms with van der Waals surface area (Å²) in [5, 5.41) is -0.707. The van der Waals surface area contributed by atoms with Crippen molar-refractivity contribution in [3.8, 4) is 0 Å². The van der Waals surface area contributed by atoms with Gasteiger partial charge < -0.3 is 0 Å². The highest BCUT2D eigenvalue weighted by Gasteiger charge is 2.24. The van der Waals surface area contributed by atoms with Gasteiger partial charge in [-0.15, -0.1) is 11.6 Å². The number of halogens is 3. The first-order valence-corrected chi connectivity index (χ1v) is 6.93. The minimum Gasteiger partial charge on any atom is -0.207 e. The van der Waals surface area contributed by atoms with Gasteiger partial charge in [-0.3, -0.25) is 0 Å². The maximum Gasteiger partial charge on any atom is 0.128 e. The van der Waals surface area contributed by atoms with E-state index in [-0.39, 0.29) is 11.0 Å². The maximum absolute atomic E-state index is 13.9. The monoisotopic (exact) mass is 294 g/mol. The summed E-state index contributed by atoms with van der Waals surface area (Å²) in [6, 6.07) is 11.0. The van der Waals surface area contributed by atoms with Crippen LogP contribution in [0, 0.1) is 11.6 Å². The fourth-order valence-electron chi connectivity index (χ4n) is 2.28. The molecule has 106 valence electrons. The highest BCUT2D eigenvalue weighted by atomic mass is 35.5. The van der Waals surface area contributed by atoms with Gasteiger partial charge in [-0.2, -0.15) is 0 Å². The third-order valence-corrected chi connectivity index (χ3v) is 3.74. The second-order valence-corrected chi connectivity index (χ2v) is 6.30. The third-order valence-electron chi connectivity index (χ3n) is 3.27. The third kappa shape index (κ3) is 3.01. The van der Waals surface area contributed by atoms with E-state index in [2.05, 4.69) is 20.8 Å². The van der Waals surface area contributed by atoms with Crippen LogP contribution in [0.25, 0.3) is 0 Å². The second-order valence-electron chi connectivity index (χ2n) is 5.87. The van der Waals surface area contributed by atoms with Crippen molar-refractivity contribution in [2.75, 3.05) is 0 Å². The summed E-state index contributed by atoms with van der Waals surface area (Å²) in [5.74, 6) is -0.976. The SMILES string of the molecule is CC(C)(C)c1ccccc1C(Cl)c1cc(F)ccc1F. The van der Waals surface area contributed by atoms with Crippen LogP contribution in [0.5, 0.6) is 0 Å². The Morgan fingerprint density at radius 1 is 0.950 bits per heavy atom. The predicted molar refractivity (Wildman–Crippen MR) is 79.2 cm³/mol. The Bertz CT molecular complexity index is 615. The van der Waals surface area contributed by atoms with Crippen LogP contribution in [0.2, 0.25) is 0 Å². The van der Waals surface area contributed by atoms with E-state index < -0.39 is 17.0 Å². The average molecular weight is 295 g/mol. The van der Waals surface area contributed by atoms with Crippen LogP contribution in [0.15, 0.2) is 42.5 Å². The zero-order valence-corrected chi connectivity index (χ0v) is 12.5. The van der Waals surface area contributed by atoms with Crippen molar-refractivity contribution in [3.05, 3.63) is 70.8 Å². The molecule has 0 fully saturated rings. The molecule has 0 saturated heterocycles. The second kappa shape index (κ2) is 5.53. The molecule has 2 aromatic carbocycles. The highest BCUT2D eigenvalue weighted by Crippen LogP contribution is 2.37. The quantitative estimate of drug-likeness (QED) is 0.633. The zero-order valence-electron chi connectivity index (χ0n) is 11.8. The van der Waals surface area contributed by atoms with Gasteiger partial charge in [0.1, 0.15) is 11.6 Å². The Balaban J connectivity index is 2.54. The number of alkyl halides is 1. The molecule has 0 aromatic heterocycles. The first kappa shape index (κ1) is 15.0. The maximum atomic E-state index is 13.9.